The van der Waals surface area contributed by atoms with Gasteiger partial charge in [0.15, 0.2) is 0 Å². The lowest BCUT2D eigenvalue weighted by molar-refractivity contribution is -0.143. The highest BCUT2D eigenvalue weighted by atomic mass is 35.5. The quantitative estimate of drug-likeness (QED) is 0.157. The van der Waals surface area contributed by atoms with E-state index in [0.717, 1.165) is 16.7 Å². The number of aryl methyl sites for hydroxylation is 2. The Bertz CT molecular complexity index is 1250. The number of hydrogen-bond acceptors (Lipinski definition) is 8. The largest absolute Gasteiger partial charge is 0.508 e. The number of thiol groups is 2. The zero-order valence-corrected chi connectivity index (χ0v) is 25.8. The molecule has 10 nitrogen and oxygen atoms in total. The SMILES string of the molecule is Cc1cc(O)cc(C)c1C[C@H](N)C(=O)N[C@H](CS)C(=O)N[C@@H](Cc1ccc(Cl)cc1)C(=O)N[C@@H](C(=O)O)C(C)(C)S. The minimum Gasteiger partial charge on any atom is -0.508 e. The lowest BCUT2D eigenvalue weighted by Gasteiger charge is -2.29. The molecule has 13 heteroatoms. The van der Waals surface area contributed by atoms with Crippen LogP contribution >= 0.6 is 36.9 Å². The number of carbonyl (C=O) groups excluding carboxylic acids is 3. The van der Waals surface area contributed by atoms with E-state index in [-0.39, 0.29) is 24.3 Å². The number of hydrogen-bond donors (Lipinski definition) is 8. The molecule has 0 bridgehead atoms. The second-order valence-electron chi connectivity index (χ2n) is 10.4. The number of carboxylic acid groups (broad SMARTS) is 1. The van der Waals surface area contributed by atoms with E-state index in [1.807, 2.05) is 0 Å². The van der Waals surface area contributed by atoms with Gasteiger partial charge in [-0.05, 0) is 80.6 Å². The fourth-order valence-electron chi connectivity index (χ4n) is 4.20. The molecule has 0 aliphatic carbocycles. The molecule has 0 fully saturated rings. The van der Waals surface area contributed by atoms with Gasteiger partial charge in [-0.3, -0.25) is 14.4 Å². The average molecular weight is 625 g/mol. The summed E-state index contributed by atoms with van der Waals surface area (Å²) in [5, 5.41) is 27.5. The minimum atomic E-state index is -1.35. The van der Waals surface area contributed by atoms with Crippen LogP contribution in [0.2, 0.25) is 5.02 Å². The Kier molecular flexibility index (Phi) is 12.4. The average Bonchev–Trinajstić information content (AvgIpc) is 2.87. The summed E-state index contributed by atoms with van der Waals surface area (Å²) in [4.78, 5) is 51.2. The number of phenolic OH excluding ortho intramolecular Hbond substituents is 1. The van der Waals surface area contributed by atoms with Crippen LogP contribution in [-0.4, -0.2) is 68.6 Å². The maximum Gasteiger partial charge on any atom is 0.327 e. The summed E-state index contributed by atoms with van der Waals surface area (Å²) < 4.78 is -1.11. The van der Waals surface area contributed by atoms with Gasteiger partial charge in [-0.1, -0.05) is 23.7 Å². The molecule has 3 amide bonds. The van der Waals surface area contributed by atoms with Crippen LogP contribution in [0.3, 0.4) is 0 Å². The first kappa shape index (κ1) is 34.3. The smallest absolute Gasteiger partial charge is 0.327 e. The van der Waals surface area contributed by atoms with Gasteiger partial charge in [-0.15, -0.1) is 0 Å². The molecule has 0 aromatic heterocycles. The third-order valence-electron chi connectivity index (χ3n) is 6.48. The van der Waals surface area contributed by atoms with Crippen molar-refractivity contribution < 1.29 is 29.4 Å². The number of nitrogens with one attached hydrogen (secondary N) is 3. The van der Waals surface area contributed by atoms with Crippen molar-refractivity contribution in [3.63, 3.8) is 0 Å². The monoisotopic (exact) mass is 624 g/mol. The van der Waals surface area contributed by atoms with Crippen LogP contribution in [0, 0.1) is 13.8 Å². The van der Waals surface area contributed by atoms with Crippen molar-refractivity contribution in [1.82, 2.24) is 16.0 Å². The van der Waals surface area contributed by atoms with Gasteiger partial charge in [0.05, 0.1) is 6.04 Å². The van der Waals surface area contributed by atoms with Gasteiger partial charge in [-0.25, -0.2) is 4.79 Å². The molecule has 224 valence electrons. The molecule has 2 aromatic rings. The van der Waals surface area contributed by atoms with Crippen LogP contribution in [0.25, 0.3) is 0 Å². The first-order valence-electron chi connectivity index (χ1n) is 12.8. The molecular weight excluding hydrogens is 588 g/mol. The highest BCUT2D eigenvalue weighted by molar-refractivity contribution is 7.81. The fraction of sp³-hybridized carbons (Fsp3) is 0.429. The number of halogens is 1. The summed E-state index contributed by atoms with van der Waals surface area (Å²) in [7, 11) is 0. The predicted molar refractivity (Wildman–Crippen MR) is 165 cm³/mol. The normalized spacial score (nSPS) is 14.3. The fourth-order valence-corrected chi connectivity index (χ4v) is 4.76. The molecule has 4 atom stereocenters. The maximum absolute atomic E-state index is 13.3. The van der Waals surface area contributed by atoms with E-state index in [1.165, 1.54) is 0 Å². The summed E-state index contributed by atoms with van der Waals surface area (Å²) >= 11 is 14.5. The lowest BCUT2D eigenvalue weighted by atomic mass is 9.96. The molecule has 2 aromatic carbocycles. The van der Waals surface area contributed by atoms with Crippen LogP contribution in [0.4, 0.5) is 0 Å². The number of carboxylic acids is 1. The number of amides is 3. The van der Waals surface area contributed by atoms with Crippen LogP contribution in [-0.2, 0) is 32.0 Å². The molecule has 7 N–H and O–H groups in total. The van der Waals surface area contributed by atoms with E-state index in [1.54, 1.807) is 64.1 Å². The number of phenols is 1. The predicted octanol–water partition coefficient (Wildman–Crippen LogP) is 1.95. The van der Waals surface area contributed by atoms with Crippen LogP contribution in [0.5, 0.6) is 5.75 Å². The zero-order chi connectivity index (χ0) is 31.1. The Labute approximate surface area is 255 Å². The molecule has 2 rings (SSSR count). The van der Waals surface area contributed by atoms with Crippen molar-refractivity contribution >= 4 is 60.5 Å². The van der Waals surface area contributed by atoms with Crippen LogP contribution in [0.15, 0.2) is 36.4 Å². The second-order valence-corrected chi connectivity index (χ2v) is 12.4. The summed E-state index contributed by atoms with van der Waals surface area (Å²) in [5.41, 5.74) is 9.15. The molecule has 0 radical (unpaired) electrons. The zero-order valence-electron chi connectivity index (χ0n) is 23.3. The molecule has 0 saturated heterocycles. The van der Waals surface area contributed by atoms with E-state index in [4.69, 9.17) is 17.3 Å². The topological polar surface area (TPSA) is 171 Å². The lowest BCUT2D eigenvalue weighted by Crippen LogP contribution is -2.60. The van der Waals surface area contributed by atoms with E-state index in [2.05, 4.69) is 41.2 Å². The third-order valence-corrected chi connectivity index (χ3v) is 7.36. The summed E-state index contributed by atoms with van der Waals surface area (Å²) in [6.45, 7) is 6.68. The third kappa shape index (κ3) is 10.1. The summed E-state index contributed by atoms with van der Waals surface area (Å²) in [5.74, 6) is -3.33. The first-order chi connectivity index (χ1) is 19.0. The van der Waals surface area contributed by atoms with Gasteiger partial charge in [-0.2, -0.15) is 25.3 Å². The highest BCUT2D eigenvalue weighted by Crippen LogP contribution is 2.22. The number of nitrogens with two attached hydrogens (primary N) is 1. The number of carbonyl (C=O) groups is 4. The summed E-state index contributed by atoms with van der Waals surface area (Å²) in [6, 6.07) is 5.06. The number of benzene rings is 2. The molecule has 41 heavy (non-hydrogen) atoms. The Morgan fingerprint density at radius 1 is 0.927 bits per heavy atom. The highest BCUT2D eigenvalue weighted by Gasteiger charge is 2.36. The Morgan fingerprint density at radius 3 is 1.93 bits per heavy atom. The molecule has 0 heterocycles. The Hall–Kier alpha value is -2.93. The molecule has 0 aliphatic rings. The van der Waals surface area contributed by atoms with Gasteiger partial charge >= 0.3 is 5.97 Å². The Balaban J connectivity index is 2.21. The van der Waals surface area contributed by atoms with Crippen molar-refractivity contribution in [3.8, 4) is 5.75 Å². The van der Waals surface area contributed by atoms with E-state index in [0.29, 0.717) is 10.6 Å². The molecule has 0 spiro atoms. The van der Waals surface area contributed by atoms with Crippen molar-refractivity contribution in [2.45, 2.75) is 69.5 Å². The van der Waals surface area contributed by atoms with E-state index < -0.39 is 52.6 Å². The van der Waals surface area contributed by atoms with Crippen LogP contribution in [0.1, 0.15) is 36.1 Å². The van der Waals surface area contributed by atoms with Gasteiger partial charge < -0.3 is 31.9 Å². The van der Waals surface area contributed by atoms with Gasteiger partial charge in [0.25, 0.3) is 0 Å². The maximum atomic E-state index is 13.3. The second kappa shape index (κ2) is 14.8. The van der Waals surface area contributed by atoms with E-state index >= 15 is 0 Å². The van der Waals surface area contributed by atoms with Gasteiger partial charge in [0, 0.05) is 21.9 Å². The standard InChI is InChI=1S/C28H37ClN4O6S2/c1-14-9-18(34)10-15(2)19(14)12-20(30)24(35)32-22(13-40)26(37)31-21(11-16-5-7-17(29)8-6-16)25(36)33-23(27(38)39)28(3,4)41/h5-10,20-23,34,40-41H,11-13,30H2,1-4H3,(H,31,37)(H,32,35)(H,33,36)(H,38,39)/t20-,21-,22+,23-/m0/s1. The first-order valence-corrected chi connectivity index (χ1v) is 14.3. The minimum absolute atomic E-state index is 0.0141. The van der Waals surface area contributed by atoms with Gasteiger partial charge in [0.1, 0.15) is 23.9 Å². The van der Waals surface area contributed by atoms with Crippen molar-refractivity contribution in [1.29, 1.82) is 0 Å². The molecular formula is C28H37ClN4O6S2. The number of aromatic hydroxyl groups is 1. The molecule has 0 unspecified atom stereocenters. The molecule has 0 saturated carbocycles. The van der Waals surface area contributed by atoms with Crippen molar-refractivity contribution in [2.24, 2.45) is 5.73 Å². The van der Waals surface area contributed by atoms with Gasteiger partial charge in [0.2, 0.25) is 17.7 Å². The van der Waals surface area contributed by atoms with Crippen molar-refractivity contribution in [3.05, 3.63) is 63.7 Å². The Morgan fingerprint density at radius 2 is 1.44 bits per heavy atom. The number of aliphatic carboxylic acids is 1. The molecule has 0 aliphatic heterocycles. The van der Waals surface area contributed by atoms with E-state index in [9.17, 15) is 29.4 Å². The number of rotatable bonds is 13. The summed E-state index contributed by atoms with van der Waals surface area (Å²) in [6.07, 6.45) is 0.183. The van der Waals surface area contributed by atoms with Crippen LogP contribution < -0.4 is 21.7 Å². The van der Waals surface area contributed by atoms with Crippen molar-refractivity contribution in [2.75, 3.05) is 5.75 Å².